The number of aliphatic imine (C=N–C) groups is 2. The zero-order chi connectivity index (χ0) is 22.9. The minimum absolute atomic E-state index is 0.0524. The highest BCUT2D eigenvalue weighted by Gasteiger charge is 2.27. The summed E-state index contributed by atoms with van der Waals surface area (Å²) in [6.07, 6.45) is 25.2. The number of hydrogen-bond acceptors (Lipinski definition) is 6. The van der Waals surface area contributed by atoms with Gasteiger partial charge >= 0.3 is 0 Å². The topological polar surface area (TPSA) is 89.2 Å². The van der Waals surface area contributed by atoms with E-state index in [0.29, 0.717) is 18.1 Å². The molecular weight excluding hydrogens is 412 g/mol. The first-order valence-corrected chi connectivity index (χ1v) is 13.4. The van der Waals surface area contributed by atoms with Crippen LogP contribution in [-0.4, -0.2) is 66.1 Å². The van der Waals surface area contributed by atoms with Gasteiger partial charge in [-0.05, 0) is 95.0 Å². The van der Waals surface area contributed by atoms with Crippen LogP contribution in [-0.2, 0) is 0 Å². The Labute approximate surface area is 199 Å². The summed E-state index contributed by atoms with van der Waals surface area (Å²) in [5.41, 5.74) is 0.860. The summed E-state index contributed by atoms with van der Waals surface area (Å²) in [6.45, 7) is 0.290. The summed E-state index contributed by atoms with van der Waals surface area (Å²) in [7, 11) is 0. The zero-order valence-corrected chi connectivity index (χ0v) is 20.1. The van der Waals surface area contributed by atoms with Gasteiger partial charge in [0.2, 0.25) is 0 Å². The fraction of sp³-hybridized carbons (Fsp3) is 0.778. The summed E-state index contributed by atoms with van der Waals surface area (Å²) in [5, 5.41) is 25.5. The molecule has 184 valence electrons. The molecule has 0 amide bonds. The maximum Gasteiger partial charge on any atom is 0.0827 e. The van der Waals surface area contributed by atoms with Crippen LogP contribution < -0.4 is 10.6 Å². The molecule has 4 rings (SSSR count). The molecular formula is C27H44N4O2. The van der Waals surface area contributed by atoms with E-state index < -0.39 is 0 Å². The Hall–Kier alpha value is -1.50. The predicted octanol–water partition coefficient (Wildman–Crippen LogP) is 3.54. The number of dihydropyridines is 1. The molecule has 2 heterocycles. The van der Waals surface area contributed by atoms with E-state index in [1.807, 2.05) is 18.4 Å². The number of rotatable bonds is 8. The molecule has 4 N–H and O–H groups in total. The van der Waals surface area contributed by atoms with Crippen molar-refractivity contribution in [3.05, 3.63) is 23.9 Å². The van der Waals surface area contributed by atoms with Gasteiger partial charge in [-0.25, -0.2) is 0 Å². The SMILES string of the molecule is OCC1=CC=CC(C=NC2CCC(CC3CCC(N=CC4CCCC(CO)N4)CC3)CC2)N1. The zero-order valence-electron chi connectivity index (χ0n) is 20.1. The summed E-state index contributed by atoms with van der Waals surface area (Å²) < 4.78 is 0. The van der Waals surface area contributed by atoms with E-state index >= 15 is 0 Å². The Bertz CT molecular complexity index is 703. The van der Waals surface area contributed by atoms with Crippen LogP contribution in [0.2, 0.25) is 0 Å². The molecule has 33 heavy (non-hydrogen) atoms. The lowest BCUT2D eigenvalue weighted by Gasteiger charge is -2.33. The van der Waals surface area contributed by atoms with E-state index in [-0.39, 0.29) is 25.3 Å². The lowest BCUT2D eigenvalue weighted by atomic mass is 9.76. The third-order valence-electron chi connectivity index (χ3n) is 8.11. The molecule has 0 aromatic heterocycles. The number of nitrogens with one attached hydrogen (secondary N) is 2. The normalized spacial score (nSPS) is 37.9. The monoisotopic (exact) mass is 456 g/mol. The Morgan fingerprint density at radius 2 is 1.52 bits per heavy atom. The van der Waals surface area contributed by atoms with Gasteiger partial charge in [-0.3, -0.25) is 9.98 Å². The van der Waals surface area contributed by atoms with E-state index in [1.54, 1.807) is 0 Å². The highest BCUT2D eigenvalue weighted by atomic mass is 16.3. The number of aliphatic hydroxyl groups is 2. The van der Waals surface area contributed by atoms with Gasteiger partial charge in [0.25, 0.3) is 0 Å². The molecule has 3 unspecified atom stereocenters. The Balaban J connectivity index is 1.11. The lowest BCUT2D eigenvalue weighted by Crippen LogP contribution is -2.45. The molecule has 2 saturated carbocycles. The molecule has 0 aromatic carbocycles. The van der Waals surface area contributed by atoms with Crippen molar-refractivity contribution >= 4 is 12.4 Å². The van der Waals surface area contributed by atoms with E-state index in [1.165, 1.54) is 64.2 Å². The molecule has 0 radical (unpaired) electrons. The van der Waals surface area contributed by atoms with Crippen molar-refractivity contribution < 1.29 is 10.2 Å². The van der Waals surface area contributed by atoms with Gasteiger partial charge in [-0.2, -0.15) is 0 Å². The van der Waals surface area contributed by atoms with Crippen molar-refractivity contribution in [2.24, 2.45) is 21.8 Å². The molecule has 1 saturated heterocycles. The molecule has 6 heteroatoms. The number of aliphatic hydroxyl groups excluding tert-OH is 2. The first-order chi connectivity index (χ1) is 16.2. The lowest BCUT2D eigenvalue weighted by molar-refractivity contribution is 0.211. The Morgan fingerprint density at radius 3 is 2.15 bits per heavy atom. The van der Waals surface area contributed by atoms with Gasteiger partial charge in [0.05, 0.1) is 19.3 Å². The largest absolute Gasteiger partial charge is 0.395 e. The fourth-order valence-corrected chi connectivity index (χ4v) is 6.07. The van der Waals surface area contributed by atoms with Crippen LogP contribution >= 0.6 is 0 Å². The fourth-order valence-electron chi connectivity index (χ4n) is 6.07. The molecule has 0 bridgehead atoms. The van der Waals surface area contributed by atoms with Crippen molar-refractivity contribution in [2.75, 3.05) is 13.2 Å². The van der Waals surface area contributed by atoms with Crippen LogP contribution in [0.4, 0.5) is 0 Å². The van der Waals surface area contributed by atoms with Crippen LogP contribution in [0.15, 0.2) is 33.9 Å². The highest BCUT2D eigenvalue weighted by molar-refractivity contribution is 5.68. The van der Waals surface area contributed by atoms with E-state index in [9.17, 15) is 10.2 Å². The maximum absolute atomic E-state index is 9.37. The Kier molecular flexibility index (Phi) is 9.56. The number of allylic oxidation sites excluding steroid dienone is 2. The van der Waals surface area contributed by atoms with Crippen LogP contribution in [0.5, 0.6) is 0 Å². The predicted molar refractivity (Wildman–Crippen MR) is 136 cm³/mol. The standard InChI is InChI=1S/C27H44N4O2/c32-18-26-5-1-3-24(30-26)16-28-22-11-7-20(8-12-22)15-21-9-13-23(14-10-21)29-17-25-4-2-6-27(19-33)31-25/h1,3,5,16-17,20-25,27,30-33H,2,4,6-15,18-19H2. The van der Waals surface area contributed by atoms with Crippen LogP contribution in [0, 0.1) is 11.8 Å². The van der Waals surface area contributed by atoms with Crippen LogP contribution in [0.3, 0.4) is 0 Å². The second-order valence-electron chi connectivity index (χ2n) is 10.7. The quantitative estimate of drug-likeness (QED) is 0.421. The second-order valence-corrected chi connectivity index (χ2v) is 10.7. The summed E-state index contributed by atoms with van der Waals surface area (Å²) in [5.74, 6) is 1.76. The third kappa shape index (κ3) is 7.76. The van der Waals surface area contributed by atoms with Crippen LogP contribution in [0.1, 0.15) is 77.0 Å². The van der Waals surface area contributed by atoms with Crippen molar-refractivity contribution in [1.29, 1.82) is 0 Å². The number of piperidine rings is 1. The van der Waals surface area contributed by atoms with Gasteiger partial charge in [-0.1, -0.05) is 12.2 Å². The summed E-state index contributed by atoms with van der Waals surface area (Å²) >= 11 is 0. The van der Waals surface area contributed by atoms with E-state index in [0.717, 1.165) is 30.4 Å². The molecule has 2 aliphatic heterocycles. The van der Waals surface area contributed by atoms with E-state index in [2.05, 4.69) is 22.9 Å². The van der Waals surface area contributed by atoms with Crippen molar-refractivity contribution in [2.45, 2.75) is 107 Å². The van der Waals surface area contributed by atoms with Gasteiger partial charge in [0.1, 0.15) is 0 Å². The smallest absolute Gasteiger partial charge is 0.0827 e. The van der Waals surface area contributed by atoms with Crippen molar-refractivity contribution in [1.82, 2.24) is 10.6 Å². The Morgan fingerprint density at radius 1 is 0.848 bits per heavy atom. The number of hydrogen-bond donors (Lipinski definition) is 4. The number of nitrogens with zero attached hydrogens (tertiary/aromatic N) is 2. The molecule has 3 atom stereocenters. The molecule has 6 nitrogen and oxygen atoms in total. The average molecular weight is 457 g/mol. The summed E-state index contributed by atoms with van der Waals surface area (Å²) in [4.78, 5) is 9.78. The van der Waals surface area contributed by atoms with Crippen molar-refractivity contribution in [3.8, 4) is 0 Å². The van der Waals surface area contributed by atoms with Gasteiger partial charge in [0, 0.05) is 42.3 Å². The van der Waals surface area contributed by atoms with Gasteiger partial charge in [-0.15, -0.1) is 0 Å². The van der Waals surface area contributed by atoms with Crippen LogP contribution in [0.25, 0.3) is 0 Å². The first kappa shape index (κ1) is 24.6. The molecule has 3 fully saturated rings. The third-order valence-corrected chi connectivity index (χ3v) is 8.11. The molecule has 4 aliphatic rings. The van der Waals surface area contributed by atoms with Crippen molar-refractivity contribution in [3.63, 3.8) is 0 Å². The average Bonchev–Trinajstić information content (AvgIpc) is 2.88. The highest BCUT2D eigenvalue weighted by Crippen LogP contribution is 2.36. The minimum atomic E-state index is 0.0524. The first-order valence-electron chi connectivity index (χ1n) is 13.4. The minimum Gasteiger partial charge on any atom is -0.395 e. The molecule has 2 aliphatic carbocycles. The van der Waals surface area contributed by atoms with Gasteiger partial charge in [0.15, 0.2) is 0 Å². The summed E-state index contributed by atoms with van der Waals surface area (Å²) in [6, 6.07) is 1.68. The van der Waals surface area contributed by atoms with E-state index in [4.69, 9.17) is 9.98 Å². The van der Waals surface area contributed by atoms with Gasteiger partial charge < -0.3 is 20.8 Å². The molecule has 0 aromatic rings. The maximum atomic E-state index is 9.37. The molecule has 0 spiro atoms. The second kappa shape index (κ2) is 12.8.